The van der Waals surface area contributed by atoms with Gasteiger partial charge >= 0.3 is 0 Å². The molecule has 4 rings (SSSR count). The van der Waals surface area contributed by atoms with Gasteiger partial charge in [-0.3, -0.25) is 9.69 Å². The van der Waals surface area contributed by atoms with Crippen LogP contribution in [0.1, 0.15) is 16.7 Å². The molecule has 1 N–H and O–H groups in total. The number of H-pyrrole nitrogens is 1. The van der Waals surface area contributed by atoms with E-state index in [1.54, 1.807) is 31.3 Å². The first-order valence-electron chi connectivity index (χ1n) is 9.19. The molecule has 0 radical (unpaired) electrons. The molecule has 0 atom stereocenters. The van der Waals surface area contributed by atoms with Crippen LogP contribution in [0.25, 0.3) is 10.9 Å². The van der Waals surface area contributed by atoms with Crippen LogP contribution in [0.2, 0.25) is 0 Å². The number of nitrogens with one attached hydrogen (secondary N) is 1. The Morgan fingerprint density at radius 3 is 2.68 bits per heavy atom. The van der Waals surface area contributed by atoms with Crippen molar-refractivity contribution >= 4 is 16.7 Å². The number of hydrogen-bond donors (Lipinski definition) is 1. The highest BCUT2D eigenvalue weighted by Crippen LogP contribution is 2.21. The molecule has 1 aliphatic rings. The number of rotatable bonds is 3. The van der Waals surface area contributed by atoms with Crippen LogP contribution in [0.15, 0.2) is 41.3 Å². The number of halogens is 1. The summed E-state index contributed by atoms with van der Waals surface area (Å²) in [4.78, 5) is 23.2. The second kappa shape index (κ2) is 7.41. The Kier molecular flexibility index (Phi) is 4.80. The molecule has 7 heteroatoms. The number of anilines is 1. The van der Waals surface area contributed by atoms with E-state index in [0.29, 0.717) is 28.6 Å². The average Bonchev–Trinajstić information content (AvgIpc) is 2.72. The first-order valence-corrected chi connectivity index (χ1v) is 9.19. The summed E-state index contributed by atoms with van der Waals surface area (Å²) in [5, 5.41) is 9.57. The molecule has 0 amide bonds. The molecule has 3 heterocycles. The molecule has 1 aliphatic heterocycles. The van der Waals surface area contributed by atoms with Crippen LogP contribution in [0.5, 0.6) is 0 Å². The highest BCUT2D eigenvalue weighted by Gasteiger charge is 2.20. The van der Waals surface area contributed by atoms with Gasteiger partial charge in [0.25, 0.3) is 5.56 Å². The van der Waals surface area contributed by atoms with Crippen LogP contribution < -0.4 is 10.5 Å². The van der Waals surface area contributed by atoms with Gasteiger partial charge in [0.15, 0.2) is 5.82 Å². The van der Waals surface area contributed by atoms with Crippen LogP contribution in [0.4, 0.5) is 10.2 Å². The number of fused-ring (bicyclic) bond motifs is 1. The van der Waals surface area contributed by atoms with Gasteiger partial charge in [0.2, 0.25) is 0 Å². The molecule has 0 bridgehead atoms. The maximum atomic E-state index is 14.9. The summed E-state index contributed by atoms with van der Waals surface area (Å²) in [6, 6.07) is 11.1. The summed E-state index contributed by atoms with van der Waals surface area (Å²) < 4.78 is 14.9. The van der Waals surface area contributed by atoms with Crippen molar-refractivity contribution in [3.8, 4) is 6.07 Å². The van der Waals surface area contributed by atoms with Gasteiger partial charge in [-0.1, -0.05) is 12.1 Å². The molecular formula is C21H20FN5O. The largest absolute Gasteiger partial charge is 0.354 e. The summed E-state index contributed by atoms with van der Waals surface area (Å²) in [6.45, 7) is 5.33. The van der Waals surface area contributed by atoms with Crippen molar-refractivity contribution in [2.24, 2.45) is 0 Å². The lowest BCUT2D eigenvalue weighted by molar-refractivity contribution is 0.246. The third-order valence-corrected chi connectivity index (χ3v) is 5.19. The van der Waals surface area contributed by atoms with Crippen molar-refractivity contribution in [1.82, 2.24) is 14.9 Å². The molecule has 1 saturated heterocycles. The minimum atomic E-state index is -0.356. The molecule has 0 saturated carbocycles. The number of aromatic nitrogens is 2. The van der Waals surface area contributed by atoms with Crippen molar-refractivity contribution < 1.29 is 4.39 Å². The number of piperazine rings is 1. The van der Waals surface area contributed by atoms with E-state index >= 15 is 0 Å². The molecule has 1 fully saturated rings. The van der Waals surface area contributed by atoms with E-state index in [9.17, 15) is 9.18 Å². The van der Waals surface area contributed by atoms with E-state index in [1.165, 1.54) is 0 Å². The molecular weight excluding hydrogens is 357 g/mol. The maximum Gasteiger partial charge on any atom is 0.251 e. The summed E-state index contributed by atoms with van der Waals surface area (Å²) >= 11 is 0. The minimum Gasteiger partial charge on any atom is -0.354 e. The van der Waals surface area contributed by atoms with Crippen molar-refractivity contribution in [3.05, 3.63) is 69.4 Å². The zero-order valence-corrected chi connectivity index (χ0v) is 15.6. The van der Waals surface area contributed by atoms with Crippen LogP contribution in [-0.2, 0) is 6.54 Å². The Labute approximate surface area is 161 Å². The Hall–Kier alpha value is -3.24. The standard InChI is InChI=1S/C21H20FN5O/c1-14-10-16-3-4-17(19(22)20(16)25-21(14)28)13-26-6-8-27(9-7-26)18-5-2-15(11-23)12-24-18/h2-5,10,12H,6-9,13H2,1H3,(H,25,28). The Morgan fingerprint density at radius 1 is 1.21 bits per heavy atom. The number of hydrogen-bond acceptors (Lipinski definition) is 5. The fraction of sp³-hybridized carbons (Fsp3) is 0.286. The lowest BCUT2D eigenvalue weighted by atomic mass is 10.1. The van der Waals surface area contributed by atoms with Crippen LogP contribution in [0, 0.1) is 24.1 Å². The molecule has 28 heavy (non-hydrogen) atoms. The third kappa shape index (κ3) is 3.47. The third-order valence-electron chi connectivity index (χ3n) is 5.19. The van der Waals surface area contributed by atoms with E-state index in [2.05, 4.69) is 25.8 Å². The molecule has 1 aromatic carbocycles. The Morgan fingerprint density at radius 2 is 2.00 bits per heavy atom. The van der Waals surface area contributed by atoms with Crippen LogP contribution in [0.3, 0.4) is 0 Å². The molecule has 0 spiro atoms. The average molecular weight is 377 g/mol. The first kappa shape index (κ1) is 18.1. The van der Waals surface area contributed by atoms with Crippen LogP contribution >= 0.6 is 0 Å². The minimum absolute atomic E-state index is 0.257. The van der Waals surface area contributed by atoms with E-state index in [1.807, 2.05) is 12.1 Å². The highest BCUT2D eigenvalue weighted by molar-refractivity contribution is 5.80. The normalized spacial score (nSPS) is 15.0. The molecule has 142 valence electrons. The van der Waals surface area contributed by atoms with Gasteiger partial charge in [0.05, 0.1) is 11.1 Å². The fourth-order valence-corrected chi connectivity index (χ4v) is 3.53. The lowest BCUT2D eigenvalue weighted by Gasteiger charge is -2.35. The molecule has 2 aromatic heterocycles. The summed E-state index contributed by atoms with van der Waals surface area (Å²) in [6.07, 6.45) is 1.58. The Balaban J connectivity index is 1.46. The Bertz CT molecular complexity index is 1110. The molecule has 0 unspecified atom stereocenters. The number of nitriles is 1. The molecule has 3 aromatic rings. The SMILES string of the molecule is Cc1cc2ccc(CN3CCN(c4ccc(C#N)cn4)CC3)c(F)c2[nH]c1=O. The van der Waals surface area contributed by atoms with Gasteiger partial charge in [-0.25, -0.2) is 9.37 Å². The van der Waals surface area contributed by atoms with Crippen LogP contribution in [-0.4, -0.2) is 41.0 Å². The topological polar surface area (TPSA) is 76.0 Å². The lowest BCUT2D eigenvalue weighted by Crippen LogP contribution is -2.46. The fourth-order valence-electron chi connectivity index (χ4n) is 3.53. The maximum absolute atomic E-state index is 14.9. The van der Waals surface area contributed by atoms with Crippen molar-refractivity contribution in [2.75, 3.05) is 31.1 Å². The van der Waals surface area contributed by atoms with E-state index in [4.69, 9.17) is 5.26 Å². The summed E-state index contributed by atoms with van der Waals surface area (Å²) in [5.41, 5.74) is 1.71. The number of nitrogens with zero attached hydrogens (tertiary/aromatic N) is 4. The number of aryl methyl sites for hydroxylation is 1. The van der Waals surface area contributed by atoms with Gasteiger partial charge in [-0.2, -0.15) is 5.26 Å². The van der Waals surface area contributed by atoms with Crippen molar-refractivity contribution in [2.45, 2.75) is 13.5 Å². The predicted molar refractivity (Wildman–Crippen MR) is 106 cm³/mol. The quantitative estimate of drug-likeness (QED) is 0.759. The summed E-state index contributed by atoms with van der Waals surface area (Å²) in [5.74, 6) is 0.495. The highest BCUT2D eigenvalue weighted by atomic mass is 19.1. The first-order chi connectivity index (χ1) is 13.5. The molecule has 0 aliphatic carbocycles. The van der Waals surface area contributed by atoms with E-state index < -0.39 is 0 Å². The second-order valence-corrected chi connectivity index (χ2v) is 7.06. The number of benzene rings is 1. The van der Waals surface area contributed by atoms with Crippen molar-refractivity contribution in [1.29, 1.82) is 5.26 Å². The number of aromatic amines is 1. The molecule has 6 nitrogen and oxygen atoms in total. The monoisotopic (exact) mass is 377 g/mol. The predicted octanol–water partition coefficient (Wildman–Crippen LogP) is 2.56. The van der Waals surface area contributed by atoms with Crippen molar-refractivity contribution in [3.63, 3.8) is 0 Å². The van der Waals surface area contributed by atoms with E-state index in [0.717, 1.165) is 32.0 Å². The van der Waals surface area contributed by atoms with Gasteiger partial charge in [0, 0.05) is 55.4 Å². The smallest absolute Gasteiger partial charge is 0.251 e. The van der Waals surface area contributed by atoms with Gasteiger partial charge in [0.1, 0.15) is 11.9 Å². The van der Waals surface area contributed by atoms with E-state index in [-0.39, 0.29) is 16.9 Å². The van der Waals surface area contributed by atoms with Gasteiger partial charge in [-0.05, 0) is 25.1 Å². The van der Waals surface area contributed by atoms with Gasteiger partial charge in [-0.15, -0.1) is 0 Å². The zero-order chi connectivity index (χ0) is 19.7. The summed E-state index contributed by atoms with van der Waals surface area (Å²) in [7, 11) is 0. The second-order valence-electron chi connectivity index (χ2n) is 7.06. The number of pyridine rings is 2. The zero-order valence-electron chi connectivity index (χ0n) is 15.6. The van der Waals surface area contributed by atoms with Gasteiger partial charge < -0.3 is 9.88 Å².